The van der Waals surface area contributed by atoms with Gasteiger partial charge in [-0.3, -0.25) is 14.6 Å². The molecule has 0 aliphatic carbocycles. The molecule has 0 saturated carbocycles. The molecule has 23 heavy (non-hydrogen) atoms. The Morgan fingerprint density at radius 2 is 2.13 bits per heavy atom. The molecular weight excluding hydrogens is 290 g/mol. The average molecular weight is 313 g/mol. The molecule has 0 unspecified atom stereocenters. The lowest BCUT2D eigenvalue weighted by molar-refractivity contribution is -0.133. The van der Waals surface area contributed by atoms with Crippen molar-refractivity contribution in [2.75, 3.05) is 7.05 Å². The fourth-order valence-corrected chi connectivity index (χ4v) is 2.58. The van der Waals surface area contributed by atoms with Crippen LogP contribution in [0.1, 0.15) is 37.8 Å². The van der Waals surface area contributed by atoms with Crippen LogP contribution in [0.2, 0.25) is 0 Å². The lowest BCUT2D eigenvalue weighted by atomic mass is 10.0. The first-order chi connectivity index (χ1) is 11.1. The second-order valence-corrected chi connectivity index (χ2v) is 5.62. The van der Waals surface area contributed by atoms with Crippen molar-refractivity contribution < 1.29 is 4.79 Å². The van der Waals surface area contributed by atoms with Crippen LogP contribution in [0.4, 0.5) is 0 Å². The number of carbonyl (C=O) groups is 1. The normalized spacial score (nSPS) is 11.9. The number of nitrogens with zero attached hydrogens (tertiary/aromatic N) is 3. The highest BCUT2D eigenvalue weighted by atomic mass is 16.2. The highest BCUT2D eigenvalue weighted by Gasteiger charge is 2.21. The van der Waals surface area contributed by atoms with Gasteiger partial charge in [-0.05, 0) is 24.1 Å². The van der Waals surface area contributed by atoms with Crippen molar-refractivity contribution in [2.24, 2.45) is 0 Å². The second-order valence-electron chi connectivity index (χ2n) is 5.62. The van der Waals surface area contributed by atoms with Gasteiger partial charge in [-0.2, -0.15) is 0 Å². The third-order valence-electron chi connectivity index (χ3n) is 3.97. The first-order valence-electron chi connectivity index (χ1n) is 7.94. The standard InChI is InChI=1S/C18H23N3O2/c1-3-4-9-16(15-8-7-11-19-13-15)20(2)18(23)14-21-12-6-5-10-17(21)22/h5-8,10-13,16H,3-4,9,14H2,1-2H3/t16-/m0/s1. The molecule has 1 atom stereocenters. The predicted molar refractivity (Wildman–Crippen MR) is 90.0 cm³/mol. The molecule has 122 valence electrons. The van der Waals surface area contributed by atoms with Crippen LogP contribution in [-0.2, 0) is 11.3 Å². The molecule has 0 bridgehead atoms. The molecule has 0 aliphatic heterocycles. The summed E-state index contributed by atoms with van der Waals surface area (Å²) >= 11 is 0. The number of carbonyl (C=O) groups excluding carboxylic acids is 1. The molecule has 2 aromatic heterocycles. The van der Waals surface area contributed by atoms with Gasteiger partial charge >= 0.3 is 0 Å². The van der Waals surface area contributed by atoms with E-state index in [-0.39, 0.29) is 24.1 Å². The van der Waals surface area contributed by atoms with E-state index in [9.17, 15) is 9.59 Å². The topological polar surface area (TPSA) is 55.2 Å². The first-order valence-corrected chi connectivity index (χ1v) is 7.94. The van der Waals surface area contributed by atoms with E-state index in [0.29, 0.717) is 0 Å². The lowest BCUT2D eigenvalue weighted by Crippen LogP contribution is -2.36. The summed E-state index contributed by atoms with van der Waals surface area (Å²) in [5.74, 6) is -0.0803. The maximum Gasteiger partial charge on any atom is 0.250 e. The summed E-state index contributed by atoms with van der Waals surface area (Å²) < 4.78 is 1.43. The van der Waals surface area contributed by atoms with Gasteiger partial charge < -0.3 is 9.47 Å². The Bertz CT molecular complexity index is 682. The predicted octanol–water partition coefficient (Wildman–Crippen LogP) is 2.63. The number of unbranched alkanes of at least 4 members (excludes halogenated alkanes) is 1. The molecule has 1 amide bonds. The molecular formula is C18H23N3O2. The Morgan fingerprint density at radius 3 is 2.78 bits per heavy atom. The zero-order valence-corrected chi connectivity index (χ0v) is 13.7. The van der Waals surface area contributed by atoms with E-state index in [2.05, 4.69) is 11.9 Å². The first kappa shape index (κ1) is 16.9. The van der Waals surface area contributed by atoms with Gasteiger partial charge in [0, 0.05) is 31.7 Å². The molecule has 0 saturated heterocycles. The highest BCUT2D eigenvalue weighted by molar-refractivity contribution is 5.76. The number of likely N-dealkylation sites (N-methyl/N-ethyl adjacent to an activating group) is 1. The van der Waals surface area contributed by atoms with E-state index in [4.69, 9.17) is 0 Å². The van der Waals surface area contributed by atoms with Crippen LogP contribution in [-0.4, -0.2) is 27.4 Å². The Balaban J connectivity index is 2.16. The summed E-state index contributed by atoms with van der Waals surface area (Å²) in [5.41, 5.74) is 0.859. The molecule has 2 heterocycles. The Morgan fingerprint density at radius 1 is 1.30 bits per heavy atom. The zero-order chi connectivity index (χ0) is 16.7. The minimum atomic E-state index is -0.166. The Hall–Kier alpha value is -2.43. The fourth-order valence-electron chi connectivity index (χ4n) is 2.58. The summed E-state index contributed by atoms with van der Waals surface area (Å²) in [6, 6.07) is 8.75. The maximum atomic E-state index is 12.6. The van der Waals surface area contributed by atoms with Gasteiger partial charge in [-0.1, -0.05) is 31.9 Å². The summed E-state index contributed by atoms with van der Waals surface area (Å²) in [6.45, 7) is 2.19. The highest BCUT2D eigenvalue weighted by Crippen LogP contribution is 2.24. The molecule has 0 spiro atoms. The average Bonchev–Trinajstić information content (AvgIpc) is 2.58. The van der Waals surface area contributed by atoms with E-state index >= 15 is 0 Å². The molecule has 0 aliphatic rings. The lowest BCUT2D eigenvalue weighted by Gasteiger charge is -2.28. The van der Waals surface area contributed by atoms with Crippen molar-refractivity contribution in [3.8, 4) is 0 Å². The van der Waals surface area contributed by atoms with Crippen LogP contribution >= 0.6 is 0 Å². The minimum Gasteiger partial charge on any atom is -0.337 e. The quantitative estimate of drug-likeness (QED) is 0.789. The largest absolute Gasteiger partial charge is 0.337 e. The Labute approximate surface area is 136 Å². The number of aromatic nitrogens is 2. The smallest absolute Gasteiger partial charge is 0.250 e. The number of hydrogen-bond acceptors (Lipinski definition) is 3. The molecule has 5 heteroatoms. The number of rotatable bonds is 7. The van der Waals surface area contributed by atoms with Crippen molar-refractivity contribution >= 4 is 5.91 Å². The van der Waals surface area contributed by atoms with Gasteiger partial charge in [0.1, 0.15) is 6.54 Å². The molecule has 2 aromatic rings. The van der Waals surface area contributed by atoms with Crippen LogP contribution in [0.15, 0.2) is 53.7 Å². The monoisotopic (exact) mass is 313 g/mol. The van der Waals surface area contributed by atoms with Crippen LogP contribution in [0, 0.1) is 0 Å². The third kappa shape index (κ3) is 4.52. The molecule has 0 N–H and O–H groups in total. The van der Waals surface area contributed by atoms with Crippen molar-refractivity contribution in [1.29, 1.82) is 0 Å². The van der Waals surface area contributed by atoms with Gasteiger partial charge in [-0.15, -0.1) is 0 Å². The molecule has 0 radical (unpaired) electrons. The van der Waals surface area contributed by atoms with E-state index in [1.54, 1.807) is 42.7 Å². The van der Waals surface area contributed by atoms with Crippen LogP contribution < -0.4 is 5.56 Å². The van der Waals surface area contributed by atoms with Crippen molar-refractivity contribution in [2.45, 2.75) is 38.8 Å². The summed E-state index contributed by atoms with van der Waals surface area (Å²) in [7, 11) is 1.80. The van der Waals surface area contributed by atoms with E-state index < -0.39 is 0 Å². The number of amides is 1. The van der Waals surface area contributed by atoms with Gasteiger partial charge in [0.25, 0.3) is 5.56 Å². The fraction of sp³-hybridized carbons (Fsp3) is 0.389. The van der Waals surface area contributed by atoms with E-state index in [1.807, 2.05) is 12.1 Å². The minimum absolute atomic E-state index is 0.0180. The van der Waals surface area contributed by atoms with Crippen molar-refractivity contribution in [3.05, 3.63) is 64.8 Å². The SMILES string of the molecule is CCCC[C@@H](c1cccnc1)N(C)C(=O)Cn1ccccc1=O. The Kier molecular flexibility index (Phi) is 6.09. The number of pyridine rings is 2. The second kappa shape index (κ2) is 8.27. The molecule has 5 nitrogen and oxygen atoms in total. The van der Waals surface area contributed by atoms with Gasteiger partial charge in [0.15, 0.2) is 0 Å². The van der Waals surface area contributed by atoms with Crippen molar-refractivity contribution in [3.63, 3.8) is 0 Å². The summed E-state index contributed by atoms with van der Waals surface area (Å²) in [5, 5.41) is 0. The van der Waals surface area contributed by atoms with Crippen LogP contribution in [0.25, 0.3) is 0 Å². The van der Waals surface area contributed by atoms with Gasteiger partial charge in [0.2, 0.25) is 5.91 Å². The van der Waals surface area contributed by atoms with E-state index in [0.717, 1.165) is 24.8 Å². The zero-order valence-electron chi connectivity index (χ0n) is 13.7. The van der Waals surface area contributed by atoms with E-state index in [1.165, 1.54) is 10.6 Å². The maximum absolute atomic E-state index is 12.6. The van der Waals surface area contributed by atoms with Gasteiger partial charge in [0.05, 0.1) is 6.04 Å². The van der Waals surface area contributed by atoms with Crippen LogP contribution in [0.5, 0.6) is 0 Å². The summed E-state index contributed by atoms with van der Waals surface area (Å²) in [4.78, 5) is 30.2. The number of hydrogen-bond donors (Lipinski definition) is 0. The third-order valence-corrected chi connectivity index (χ3v) is 3.97. The molecule has 0 aromatic carbocycles. The van der Waals surface area contributed by atoms with Crippen LogP contribution in [0.3, 0.4) is 0 Å². The van der Waals surface area contributed by atoms with Gasteiger partial charge in [-0.25, -0.2) is 0 Å². The summed E-state index contributed by atoms with van der Waals surface area (Å²) in [6.07, 6.45) is 8.15. The molecule has 2 rings (SSSR count). The van der Waals surface area contributed by atoms with Crippen molar-refractivity contribution in [1.82, 2.24) is 14.5 Å². The molecule has 0 fully saturated rings.